The maximum Gasteiger partial charge on any atom is 0.0458 e. The van der Waals surface area contributed by atoms with Gasteiger partial charge in [-0.25, -0.2) is 0 Å². The monoisotopic (exact) mass is 481 g/mol. The Morgan fingerprint density at radius 3 is 2.00 bits per heavy atom. The minimum atomic E-state index is 0. The van der Waals surface area contributed by atoms with E-state index in [0.29, 0.717) is 12.0 Å². The first-order valence-electron chi connectivity index (χ1n) is 12.5. The fourth-order valence-electron chi connectivity index (χ4n) is 7.92. The minimum Gasteiger partial charge on any atom is -0.372 e. The highest BCUT2D eigenvalue weighted by Crippen LogP contribution is 2.61. The fourth-order valence-corrected chi connectivity index (χ4v) is 8.71. The third-order valence-electron chi connectivity index (χ3n) is 8.87. The van der Waals surface area contributed by atoms with E-state index in [1.165, 1.54) is 81.0 Å². The molecule has 1 aromatic carbocycles. The van der Waals surface area contributed by atoms with Gasteiger partial charge in [-0.2, -0.15) is 0 Å². The topological polar surface area (TPSA) is 3.24 Å². The quantitative estimate of drug-likeness (QED) is 0.392. The Kier molecular flexibility index (Phi) is 7.56. The number of likely N-dealkylation sites (N-methyl/N-ethyl adjacent to an activating group) is 1. The van der Waals surface area contributed by atoms with E-state index in [1.54, 1.807) is 0 Å². The minimum absolute atomic E-state index is 0. The zero-order valence-corrected chi connectivity index (χ0v) is 21.3. The summed E-state index contributed by atoms with van der Waals surface area (Å²) in [4.78, 5) is 2.53. The first-order chi connectivity index (χ1) is 14.5. The van der Waals surface area contributed by atoms with E-state index in [9.17, 15) is 0 Å². The van der Waals surface area contributed by atoms with Crippen LogP contribution in [0.1, 0.15) is 88.2 Å². The smallest absolute Gasteiger partial charge is 0.0458 e. The summed E-state index contributed by atoms with van der Waals surface area (Å²) in [6.45, 7) is 7.77. The molecule has 5 aliphatic rings. The van der Waals surface area contributed by atoms with Crippen molar-refractivity contribution in [2.75, 3.05) is 6.54 Å². The van der Waals surface area contributed by atoms with Crippen LogP contribution in [0.25, 0.3) is 0 Å². The zero-order valence-electron chi connectivity index (χ0n) is 18.9. The van der Waals surface area contributed by atoms with E-state index in [2.05, 4.69) is 30.5 Å². The Balaban J connectivity index is 0.00000231. The van der Waals surface area contributed by atoms with E-state index in [0.717, 1.165) is 46.7 Å². The van der Waals surface area contributed by atoms with E-state index in [4.69, 9.17) is 23.2 Å². The molecule has 1 nitrogen and oxygen atoms in total. The van der Waals surface area contributed by atoms with Gasteiger partial charge >= 0.3 is 0 Å². The molecule has 1 aromatic rings. The van der Waals surface area contributed by atoms with Crippen molar-refractivity contribution in [3.63, 3.8) is 0 Å². The first-order valence-corrected chi connectivity index (χ1v) is 13.2. The van der Waals surface area contributed by atoms with Crippen LogP contribution in [0.4, 0.5) is 0 Å². The second-order valence-corrected chi connectivity index (χ2v) is 11.6. The van der Waals surface area contributed by atoms with Crippen LogP contribution in [0, 0.1) is 23.7 Å². The maximum absolute atomic E-state index is 6.95. The van der Waals surface area contributed by atoms with Crippen LogP contribution in [0.3, 0.4) is 0 Å². The number of allylic oxidation sites excluding steroid dienone is 1. The molecule has 0 radical (unpaired) electrons. The summed E-state index contributed by atoms with van der Waals surface area (Å²) in [5, 5.41) is 1.81. The van der Waals surface area contributed by atoms with Crippen molar-refractivity contribution >= 4 is 35.6 Å². The predicted molar refractivity (Wildman–Crippen MR) is 136 cm³/mol. The van der Waals surface area contributed by atoms with Gasteiger partial charge in [-0.15, -0.1) is 12.4 Å². The Morgan fingerprint density at radius 2 is 1.48 bits per heavy atom. The summed E-state index contributed by atoms with van der Waals surface area (Å²) in [7, 11) is 0. The molecule has 4 heteroatoms. The molecule has 0 saturated heterocycles. The summed E-state index contributed by atoms with van der Waals surface area (Å²) in [6, 6.07) is 5.07. The van der Waals surface area contributed by atoms with Crippen LogP contribution < -0.4 is 0 Å². The predicted octanol–water partition coefficient (Wildman–Crippen LogP) is 8.67. The van der Waals surface area contributed by atoms with Crippen molar-refractivity contribution in [1.29, 1.82) is 0 Å². The van der Waals surface area contributed by atoms with E-state index in [1.807, 2.05) is 0 Å². The first kappa shape index (κ1) is 23.8. The molecule has 5 fully saturated rings. The molecular weight excluding hydrogens is 445 g/mol. The molecular formula is C27H38Cl3N. The van der Waals surface area contributed by atoms with Crippen LogP contribution in [0.5, 0.6) is 0 Å². The maximum atomic E-state index is 6.95. The molecule has 0 unspecified atom stereocenters. The van der Waals surface area contributed by atoms with Gasteiger partial charge in [0.15, 0.2) is 0 Å². The van der Waals surface area contributed by atoms with Crippen molar-refractivity contribution in [2.24, 2.45) is 23.7 Å². The van der Waals surface area contributed by atoms with Gasteiger partial charge in [-0.05, 0) is 105 Å². The van der Waals surface area contributed by atoms with Crippen LogP contribution >= 0.6 is 35.6 Å². The Hall–Kier alpha value is -0.370. The average molecular weight is 483 g/mol. The fraction of sp³-hybridized carbons (Fsp3) is 0.704. The molecule has 0 atom stereocenters. The highest BCUT2D eigenvalue weighted by molar-refractivity contribution is 6.36. The van der Waals surface area contributed by atoms with E-state index < -0.39 is 0 Å². The molecule has 5 aliphatic carbocycles. The highest BCUT2D eigenvalue weighted by Gasteiger charge is 2.49. The molecule has 31 heavy (non-hydrogen) atoms. The molecule has 0 N–H and O–H groups in total. The molecule has 0 aromatic heterocycles. The number of hydrogen-bond acceptors (Lipinski definition) is 1. The lowest BCUT2D eigenvalue weighted by Gasteiger charge is -2.55. The van der Waals surface area contributed by atoms with Gasteiger partial charge in [0.05, 0.1) is 0 Å². The highest BCUT2D eigenvalue weighted by atomic mass is 35.5. The lowest BCUT2D eigenvalue weighted by Crippen LogP contribution is -2.44. The third kappa shape index (κ3) is 4.67. The van der Waals surface area contributed by atoms with Crippen LogP contribution in [0.2, 0.25) is 10.0 Å². The van der Waals surface area contributed by atoms with Crippen LogP contribution in [-0.2, 0) is 6.42 Å². The standard InChI is InChI=1S/C27H37Cl2N.ClH/c1-3-30(23-7-5-4-6-8-23)17(2)9-18-15-24(28)27(25(29)16-18)26-21-11-19-10-20(13-21)14-22(26)12-19;/h15-16,19-23,26H,2-14H2,1H3;1H. The van der Waals surface area contributed by atoms with Crippen molar-refractivity contribution in [3.05, 3.63) is 45.6 Å². The van der Waals surface area contributed by atoms with Gasteiger partial charge in [-0.3, -0.25) is 0 Å². The largest absolute Gasteiger partial charge is 0.372 e. The van der Waals surface area contributed by atoms with Gasteiger partial charge in [0.2, 0.25) is 0 Å². The number of halogens is 3. The molecule has 0 heterocycles. The summed E-state index contributed by atoms with van der Waals surface area (Å²) in [6.07, 6.45) is 14.6. The van der Waals surface area contributed by atoms with Crippen molar-refractivity contribution in [2.45, 2.75) is 89.5 Å². The molecule has 0 aliphatic heterocycles. The normalized spacial score (nSPS) is 32.0. The lowest BCUT2D eigenvalue weighted by molar-refractivity contribution is -0.00272. The van der Waals surface area contributed by atoms with Gasteiger partial charge in [0, 0.05) is 34.7 Å². The van der Waals surface area contributed by atoms with Gasteiger partial charge in [-0.1, -0.05) is 49.0 Å². The molecule has 4 bridgehead atoms. The number of benzene rings is 1. The van der Waals surface area contributed by atoms with E-state index in [-0.39, 0.29) is 12.4 Å². The Bertz CT molecular complexity index is 747. The molecule has 5 saturated carbocycles. The third-order valence-corrected chi connectivity index (χ3v) is 9.49. The summed E-state index contributed by atoms with van der Waals surface area (Å²) in [5.74, 6) is 4.15. The van der Waals surface area contributed by atoms with Crippen molar-refractivity contribution in [3.8, 4) is 0 Å². The number of rotatable bonds is 6. The average Bonchev–Trinajstić information content (AvgIpc) is 2.70. The second-order valence-electron chi connectivity index (χ2n) is 10.8. The molecule has 0 amide bonds. The number of nitrogens with zero attached hydrogens (tertiary/aromatic N) is 1. The molecule has 6 rings (SSSR count). The van der Waals surface area contributed by atoms with Gasteiger partial charge in [0.25, 0.3) is 0 Å². The summed E-state index contributed by atoms with van der Waals surface area (Å²) >= 11 is 13.9. The SMILES string of the molecule is C=C(Cc1cc(Cl)c(C2C3CC4CC(C3)CC2C4)c(Cl)c1)N(CC)C1CCCCC1.Cl. The van der Waals surface area contributed by atoms with Crippen LogP contribution in [-0.4, -0.2) is 17.5 Å². The number of hydrogen-bond donors (Lipinski definition) is 0. The lowest BCUT2D eigenvalue weighted by atomic mass is 9.50. The molecule has 172 valence electrons. The molecule has 0 spiro atoms. The summed E-state index contributed by atoms with van der Waals surface area (Å²) < 4.78 is 0. The van der Waals surface area contributed by atoms with Crippen molar-refractivity contribution in [1.82, 2.24) is 4.90 Å². The van der Waals surface area contributed by atoms with Crippen molar-refractivity contribution < 1.29 is 0 Å². The Morgan fingerprint density at radius 1 is 0.935 bits per heavy atom. The van der Waals surface area contributed by atoms with Gasteiger partial charge < -0.3 is 4.90 Å². The second kappa shape index (κ2) is 9.86. The summed E-state index contributed by atoms with van der Waals surface area (Å²) in [5.41, 5.74) is 3.71. The van der Waals surface area contributed by atoms with Crippen LogP contribution in [0.15, 0.2) is 24.4 Å². The Labute approximate surface area is 205 Å². The van der Waals surface area contributed by atoms with Gasteiger partial charge in [0.1, 0.15) is 0 Å². The van der Waals surface area contributed by atoms with E-state index >= 15 is 0 Å². The zero-order chi connectivity index (χ0) is 20.8.